The molecule has 0 fully saturated rings. The molecule has 0 unspecified atom stereocenters. The fourth-order valence-corrected chi connectivity index (χ4v) is 4.72. The van der Waals surface area contributed by atoms with Gasteiger partial charge < -0.3 is 15.1 Å². The number of benzene rings is 4. The molecule has 0 bridgehead atoms. The third-order valence-electron chi connectivity index (χ3n) is 7.18. The van der Waals surface area contributed by atoms with Gasteiger partial charge in [-0.05, 0) is 67.8 Å². The second-order valence-electron chi connectivity index (χ2n) is 11.8. The van der Waals surface area contributed by atoms with E-state index in [1.54, 1.807) is 0 Å². The van der Waals surface area contributed by atoms with Crippen molar-refractivity contribution in [3.05, 3.63) is 143 Å². The van der Waals surface area contributed by atoms with E-state index < -0.39 is 0 Å². The van der Waals surface area contributed by atoms with Crippen LogP contribution in [0.25, 0.3) is 0 Å². The fraction of sp³-hybridized carbons (Fsp3) is 0.333. The number of phenols is 2. The molecule has 0 heterocycles. The van der Waals surface area contributed by atoms with Crippen LogP contribution in [-0.2, 0) is 39.0 Å². The van der Waals surface area contributed by atoms with E-state index in [1.807, 2.05) is 60.7 Å². The number of likely N-dealkylation sites (N-methyl/N-ethyl adjacent to an activating group) is 1. The zero-order valence-electron chi connectivity index (χ0n) is 27.3. The summed E-state index contributed by atoms with van der Waals surface area (Å²) in [7, 11) is 2.10. The molecule has 2 N–H and O–H groups in total. The van der Waals surface area contributed by atoms with Crippen LogP contribution >= 0.6 is 0 Å². The second kappa shape index (κ2) is 19.4. The summed E-state index contributed by atoms with van der Waals surface area (Å²) in [5, 5.41) is 21.2. The van der Waals surface area contributed by atoms with Crippen LogP contribution in [0.4, 0.5) is 0 Å². The topological polar surface area (TPSA) is 43.7 Å². The Hall–Kier alpha value is -2.94. The van der Waals surface area contributed by atoms with Crippen molar-refractivity contribution in [1.82, 2.24) is 4.90 Å². The molecule has 4 rings (SSSR count). The standard InChI is InChI=1S/C25H37NO2.2C7H7.Zr/c1-16(2)22-14-18(5)12-20(24(22)27)8-10-26(7)11-9-21-13-19(6)15-23(17(3)4)25(21)28;2*1-7-5-3-2-4-6-7;/h12-17,27-28H,8-11H2,1-7H3;2*2-6H,1H2;/q;2*-1;+3. The van der Waals surface area contributed by atoms with Crippen molar-refractivity contribution in [3.63, 3.8) is 0 Å². The van der Waals surface area contributed by atoms with Gasteiger partial charge in [0.05, 0.1) is 0 Å². The van der Waals surface area contributed by atoms with E-state index in [0.29, 0.717) is 23.3 Å². The summed E-state index contributed by atoms with van der Waals surface area (Å²) in [6, 6.07) is 28.1. The van der Waals surface area contributed by atoms with Crippen LogP contribution in [0.15, 0.2) is 84.9 Å². The third kappa shape index (κ3) is 13.5. The van der Waals surface area contributed by atoms with Crippen LogP contribution in [0.3, 0.4) is 0 Å². The molecule has 0 spiro atoms. The summed E-state index contributed by atoms with van der Waals surface area (Å²) >= 11 is 0. The van der Waals surface area contributed by atoms with Crippen molar-refractivity contribution in [1.29, 1.82) is 0 Å². The molecular weight excluding hydrogens is 606 g/mol. The summed E-state index contributed by atoms with van der Waals surface area (Å²) in [4.78, 5) is 2.27. The van der Waals surface area contributed by atoms with Gasteiger partial charge in [-0.1, -0.05) is 75.2 Å². The van der Waals surface area contributed by atoms with E-state index in [1.165, 1.54) is 11.1 Å². The first kappa shape index (κ1) is 38.1. The molecule has 43 heavy (non-hydrogen) atoms. The van der Waals surface area contributed by atoms with Crippen LogP contribution in [0.1, 0.15) is 84.0 Å². The number of nitrogens with zero attached hydrogens (tertiary/aromatic N) is 1. The van der Waals surface area contributed by atoms with E-state index in [4.69, 9.17) is 0 Å². The van der Waals surface area contributed by atoms with E-state index in [-0.39, 0.29) is 26.2 Å². The Morgan fingerprint density at radius 1 is 0.605 bits per heavy atom. The minimum Gasteiger partial charge on any atom is -0.507 e. The predicted molar refractivity (Wildman–Crippen MR) is 181 cm³/mol. The normalized spacial score (nSPS) is 10.5. The molecule has 0 aliphatic rings. The van der Waals surface area contributed by atoms with Crippen molar-refractivity contribution in [2.75, 3.05) is 20.1 Å². The number of aryl methyl sites for hydroxylation is 2. The molecule has 0 aliphatic carbocycles. The Kier molecular flexibility index (Phi) is 17.2. The van der Waals surface area contributed by atoms with Gasteiger partial charge in [0.15, 0.2) is 0 Å². The van der Waals surface area contributed by atoms with Crippen molar-refractivity contribution in [3.8, 4) is 11.5 Å². The average molecular weight is 657 g/mol. The van der Waals surface area contributed by atoms with E-state index in [9.17, 15) is 10.2 Å². The summed E-state index contributed by atoms with van der Waals surface area (Å²) < 4.78 is 0. The van der Waals surface area contributed by atoms with Gasteiger partial charge >= 0.3 is 26.2 Å². The van der Waals surface area contributed by atoms with Gasteiger partial charge in [0, 0.05) is 13.1 Å². The molecule has 4 aromatic rings. The Bertz CT molecular complexity index is 1250. The van der Waals surface area contributed by atoms with E-state index in [0.717, 1.165) is 59.3 Å². The van der Waals surface area contributed by atoms with Crippen LogP contribution in [-0.4, -0.2) is 35.3 Å². The molecular formula is C39H51NO2Zr+. The largest absolute Gasteiger partial charge is 3.00 e. The SMILES string of the molecule is Cc1cc(CCN(C)CCc2cc(C)cc(C(C)C)c2O)c(O)c(C(C)C)c1.[CH2-]c1ccccc1.[CH2-]c1ccccc1.[Zr+3]. The zero-order chi connectivity index (χ0) is 31.2. The maximum Gasteiger partial charge on any atom is 3.00 e. The van der Waals surface area contributed by atoms with E-state index in [2.05, 4.69) is 91.6 Å². The second-order valence-corrected chi connectivity index (χ2v) is 11.8. The zero-order valence-corrected chi connectivity index (χ0v) is 29.8. The predicted octanol–water partition coefficient (Wildman–Crippen LogP) is 9.41. The van der Waals surface area contributed by atoms with Crippen molar-refractivity contribution < 1.29 is 36.4 Å². The molecule has 227 valence electrons. The summed E-state index contributed by atoms with van der Waals surface area (Å²) in [6.07, 6.45) is 1.64. The summed E-state index contributed by atoms with van der Waals surface area (Å²) in [6.45, 7) is 21.8. The molecule has 4 aromatic carbocycles. The Labute approximate surface area is 281 Å². The number of aromatic hydroxyl groups is 2. The van der Waals surface area contributed by atoms with Gasteiger partial charge in [-0.15, -0.1) is 24.3 Å². The molecule has 4 heteroatoms. The maximum atomic E-state index is 10.6. The van der Waals surface area contributed by atoms with Gasteiger partial charge in [-0.2, -0.15) is 49.2 Å². The minimum atomic E-state index is 0. The van der Waals surface area contributed by atoms with Crippen LogP contribution in [0.5, 0.6) is 11.5 Å². The fourth-order valence-electron chi connectivity index (χ4n) is 4.72. The Morgan fingerprint density at radius 3 is 1.19 bits per heavy atom. The summed E-state index contributed by atoms with van der Waals surface area (Å²) in [5.41, 5.74) is 8.65. The molecule has 0 amide bonds. The Morgan fingerprint density at radius 2 is 0.930 bits per heavy atom. The number of rotatable bonds is 8. The van der Waals surface area contributed by atoms with Crippen molar-refractivity contribution >= 4 is 0 Å². The maximum absolute atomic E-state index is 10.6. The first-order valence-corrected chi connectivity index (χ1v) is 15.0. The minimum absolute atomic E-state index is 0. The third-order valence-corrected chi connectivity index (χ3v) is 7.18. The molecule has 0 atom stereocenters. The molecule has 0 saturated carbocycles. The Balaban J connectivity index is 0.000000499. The summed E-state index contributed by atoms with van der Waals surface area (Å²) in [5.74, 6) is 1.53. The van der Waals surface area contributed by atoms with Crippen LogP contribution in [0, 0.1) is 27.7 Å². The molecule has 3 nitrogen and oxygen atoms in total. The first-order valence-electron chi connectivity index (χ1n) is 15.0. The van der Waals surface area contributed by atoms with Gasteiger partial charge in [0.25, 0.3) is 0 Å². The monoisotopic (exact) mass is 655 g/mol. The van der Waals surface area contributed by atoms with Crippen LogP contribution in [0.2, 0.25) is 0 Å². The van der Waals surface area contributed by atoms with Gasteiger partial charge in [-0.25, -0.2) is 0 Å². The van der Waals surface area contributed by atoms with Crippen LogP contribution < -0.4 is 0 Å². The quantitative estimate of drug-likeness (QED) is 0.186. The first-order chi connectivity index (χ1) is 19.9. The van der Waals surface area contributed by atoms with Gasteiger partial charge in [0.2, 0.25) is 0 Å². The molecule has 0 aromatic heterocycles. The van der Waals surface area contributed by atoms with Gasteiger partial charge in [-0.3, -0.25) is 0 Å². The molecule has 0 saturated heterocycles. The number of hydrogen-bond donors (Lipinski definition) is 2. The van der Waals surface area contributed by atoms with Gasteiger partial charge in [0.1, 0.15) is 11.5 Å². The average Bonchev–Trinajstić information content (AvgIpc) is 2.94. The smallest absolute Gasteiger partial charge is 0.507 e. The molecule has 0 aliphatic heterocycles. The number of hydrogen-bond acceptors (Lipinski definition) is 3. The van der Waals surface area contributed by atoms with Crippen molar-refractivity contribution in [2.45, 2.75) is 66.2 Å². The molecule has 1 radical (unpaired) electrons. The van der Waals surface area contributed by atoms with E-state index >= 15 is 0 Å². The number of phenolic OH excluding ortho intramolecular Hbond substituents is 2. The van der Waals surface area contributed by atoms with Crippen molar-refractivity contribution in [2.24, 2.45) is 0 Å².